The maximum absolute atomic E-state index is 10.3. The minimum absolute atomic E-state index is 0. The second-order valence-electron chi connectivity index (χ2n) is 5.73. The fraction of sp³-hybridized carbons (Fsp3) is 0.833. The Balaban J connectivity index is -0.000000602. The average Bonchev–Trinajstić information content (AvgIpc) is 2.43. The molecule has 0 heterocycles. The molecule has 0 rings (SSSR count). The Labute approximate surface area is 164 Å². The van der Waals surface area contributed by atoms with Crippen LogP contribution in [0, 0.1) is 0 Å². The van der Waals surface area contributed by atoms with Crippen LogP contribution in [-0.2, 0) is 38.9 Å². The zero-order chi connectivity index (χ0) is 14.9. The van der Waals surface area contributed by atoms with E-state index in [4.69, 9.17) is 5.11 Å². The van der Waals surface area contributed by atoms with Gasteiger partial charge in [-0.25, -0.2) is 0 Å². The van der Waals surface area contributed by atoms with E-state index in [2.05, 4.69) is 19.1 Å². The third kappa shape index (κ3) is 30.6. The van der Waals surface area contributed by atoms with Gasteiger partial charge in [-0.2, -0.15) is 0 Å². The first-order valence-electron chi connectivity index (χ1n) is 8.64. The van der Waals surface area contributed by atoms with Crippen molar-refractivity contribution in [2.75, 3.05) is 0 Å². The number of carboxylic acid groups (broad SMARTS) is 1. The van der Waals surface area contributed by atoms with Gasteiger partial charge in [0.2, 0.25) is 0 Å². The Kier molecular flexibility index (Phi) is 36.5. The summed E-state index contributed by atoms with van der Waals surface area (Å²) in [4.78, 5) is 10.3. The van der Waals surface area contributed by atoms with Crippen LogP contribution in [0.3, 0.4) is 0 Å². The molecule has 0 radical (unpaired) electrons. The Morgan fingerprint density at radius 3 is 1.57 bits per heavy atom. The molecule has 0 aromatic carbocycles. The summed E-state index contributed by atoms with van der Waals surface area (Å²) in [7, 11) is 0. The molecule has 0 spiro atoms. The first-order chi connectivity index (χ1) is 9.77. The predicted molar refractivity (Wildman–Crippen MR) is 90.7 cm³/mol. The molecule has 0 fully saturated rings. The molecule has 0 aromatic heterocycles. The summed E-state index contributed by atoms with van der Waals surface area (Å²) in [5.74, 6) is -0.664. The van der Waals surface area contributed by atoms with Crippen LogP contribution in [0.15, 0.2) is 12.2 Å². The van der Waals surface area contributed by atoms with E-state index in [1.54, 1.807) is 0 Å². The van der Waals surface area contributed by atoms with Crippen molar-refractivity contribution in [1.82, 2.24) is 0 Å². The minimum atomic E-state index is -0.664. The molecule has 142 valence electrons. The molecule has 0 aliphatic rings. The van der Waals surface area contributed by atoms with Gasteiger partial charge < -0.3 is 10.6 Å². The number of hydrogen-bond acceptors (Lipinski definition) is 1. The number of unbranched alkanes of at least 4 members (excludes halogenated alkanes) is 11. The van der Waals surface area contributed by atoms with Gasteiger partial charge in [0.25, 0.3) is 0 Å². The van der Waals surface area contributed by atoms with Crippen molar-refractivity contribution in [2.24, 2.45) is 0 Å². The molecular formula is C18H36Fe2O3. The Morgan fingerprint density at radius 1 is 0.739 bits per heavy atom. The van der Waals surface area contributed by atoms with Crippen molar-refractivity contribution >= 4 is 5.97 Å². The second-order valence-corrected chi connectivity index (χ2v) is 5.73. The van der Waals surface area contributed by atoms with Gasteiger partial charge in [0.1, 0.15) is 0 Å². The summed E-state index contributed by atoms with van der Waals surface area (Å²) in [5.41, 5.74) is 0. The van der Waals surface area contributed by atoms with Crippen LogP contribution in [0.2, 0.25) is 0 Å². The number of hydrogen-bond donors (Lipinski definition) is 1. The van der Waals surface area contributed by atoms with Gasteiger partial charge in [-0.15, -0.1) is 0 Å². The molecule has 0 aromatic rings. The normalized spacial score (nSPS) is 9.78. The summed E-state index contributed by atoms with van der Waals surface area (Å²) < 4.78 is 0. The number of rotatable bonds is 15. The van der Waals surface area contributed by atoms with E-state index in [-0.39, 0.29) is 39.6 Å². The third-order valence-electron chi connectivity index (χ3n) is 3.65. The third-order valence-corrected chi connectivity index (χ3v) is 3.65. The van der Waals surface area contributed by atoms with Gasteiger partial charge in [-0.05, 0) is 32.1 Å². The molecule has 3 N–H and O–H groups in total. The Hall–Kier alpha value is 0.209. The number of carbonyl (C=O) groups is 1. The molecule has 0 aliphatic heterocycles. The standard InChI is InChI=1S/C18H34O2.2Fe.H2O/c1-2-3-4-5-6-7-8-9-10-11-12-13-14-15-16-17-18(19)20;;;/h9-10H,2-8,11-17H2,1H3,(H,19,20);;;1H2/b10-9-;;;. The molecule has 0 bridgehead atoms. The van der Waals surface area contributed by atoms with Crippen LogP contribution >= 0.6 is 0 Å². The van der Waals surface area contributed by atoms with Gasteiger partial charge in [0.15, 0.2) is 0 Å². The summed E-state index contributed by atoms with van der Waals surface area (Å²) >= 11 is 0. The summed E-state index contributed by atoms with van der Waals surface area (Å²) in [5, 5.41) is 8.51. The molecule has 0 aliphatic carbocycles. The molecular weight excluding hydrogens is 376 g/mol. The van der Waals surface area contributed by atoms with Gasteiger partial charge in [-0.3, -0.25) is 4.79 Å². The van der Waals surface area contributed by atoms with Crippen LogP contribution in [0.5, 0.6) is 0 Å². The zero-order valence-electron chi connectivity index (χ0n) is 14.6. The number of carboxylic acids is 1. The maximum atomic E-state index is 10.3. The summed E-state index contributed by atoms with van der Waals surface area (Å²) in [6, 6.07) is 0. The smallest absolute Gasteiger partial charge is 0.303 e. The van der Waals surface area contributed by atoms with E-state index in [0.717, 1.165) is 12.8 Å². The van der Waals surface area contributed by atoms with Crippen molar-refractivity contribution < 1.29 is 49.5 Å². The minimum Gasteiger partial charge on any atom is -0.481 e. The van der Waals surface area contributed by atoms with Crippen molar-refractivity contribution in [2.45, 2.75) is 96.8 Å². The fourth-order valence-corrected chi connectivity index (χ4v) is 2.35. The second kappa shape index (κ2) is 27.1. The molecule has 0 saturated heterocycles. The average molecular weight is 412 g/mol. The Bertz CT molecular complexity index is 246. The number of aliphatic carboxylic acids is 1. The quantitative estimate of drug-likeness (QED) is 0.226. The van der Waals surface area contributed by atoms with Crippen molar-refractivity contribution in [3.05, 3.63) is 12.2 Å². The molecule has 0 atom stereocenters. The van der Waals surface area contributed by atoms with Crippen LogP contribution in [0.4, 0.5) is 0 Å². The van der Waals surface area contributed by atoms with E-state index in [1.807, 2.05) is 0 Å². The fourth-order valence-electron chi connectivity index (χ4n) is 2.35. The van der Waals surface area contributed by atoms with Gasteiger partial charge in [0, 0.05) is 40.6 Å². The first-order valence-corrected chi connectivity index (χ1v) is 8.64. The van der Waals surface area contributed by atoms with Crippen LogP contribution in [0.25, 0.3) is 0 Å². The van der Waals surface area contributed by atoms with Crippen molar-refractivity contribution in [3.8, 4) is 0 Å². The number of allylic oxidation sites excluding steroid dienone is 2. The zero-order valence-corrected chi connectivity index (χ0v) is 16.8. The molecule has 3 nitrogen and oxygen atoms in total. The SMILES string of the molecule is CCCCCCCC/C=C\CCCCCCCC(=O)O.O.[Fe].[Fe]. The van der Waals surface area contributed by atoms with E-state index < -0.39 is 5.97 Å². The monoisotopic (exact) mass is 412 g/mol. The van der Waals surface area contributed by atoms with Gasteiger partial charge in [-0.1, -0.05) is 70.4 Å². The molecule has 23 heavy (non-hydrogen) atoms. The van der Waals surface area contributed by atoms with E-state index in [1.165, 1.54) is 70.6 Å². The predicted octanol–water partition coefficient (Wildman–Crippen LogP) is 5.28. The van der Waals surface area contributed by atoms with Crippen LogP contribution in [0.1, 0.15) is 96.8 Å². The Morgan fingerprint density at radius 2 is 1.13 bits per heavy atom. The van der Waals surface area contributed by atoms with Crippen LogP contribution in [-0.4, -0.2) is 16.6 Å². The van der Waals surface area contributed by atoms with Gasteiger partial charge >= 0.3 is 5.97 Å². The molecule has 0 amide bonds. The maximum Gasteiger partial charge on any atom is 0.303 e. The van der Waals surface area contributed by atoms with Crippen molar-refractivity contribution in [3.63, 3.8) is 0 Å². The van der Waals surface area contributed by atoms with E-state index in [0.29, 0.717) is 6.42 Å². The molecule has 5 heteroatoms. The van der Waals surface area contributed by atoms with Crippen molar-refractivity contribution in [1.29, 1.82) is 0 Å². The topological polar surface area (TPSA) is 68.8 Å². The summed E-state index contributed by atoms with van der Waals surface area (Å²) in [6.07, 6.45) is 21.2. The summed E-state index contributed by atoms with van der Waals surface area (Å²) in [6.45, 7) is 2.26. The molecule has 0 unspecified atom stereocenters. The first kappa shape index (κ1) is 31.0. The van der Waals surface area contributed by atoms with Gasteiger partial charge in [0.05, 0.1) is 0 Å². The van der Waals surface area contributed by atoms with Crippen LogP contribution < -0.4 is 0 Å². The largest absolute Gasteiger partial charge is 0.481 e. The van der Waals surface area contributed by atoms with E-state index in [9.17, 15) is 4.79 Å². The molecule has 0 saturated carbocycles. The van der Waals surface area contributed by atoms with E-state index >= 15 is 0 Å².